The smallest absolute Gasteiger partial charge is 0.311 e. The lowest BCUT2D eigenvalue weighted by atomic mass is 9.90. The Bertz CT molecular complexity index is 1200. The van der Waals surface area contributed by atoms with Crippen LogP contribution in [0.4, 0.5) is 5.69 Å². The number of nitrogens with zero attached hydrogens (tertiary/aromatic N) is 3. The van der Waals surface area contributed by atoms with Gasteiger partial charge in [0.05, 0.1) is 33.0 Å². The number of methoxy groups -OCH3 is 2. The predicted octanol–water partition coefficient (Wildman–Crippen LogP) is 3.57. The summed E-state index contributed by atoms with van der Waals surface area (Å²) in [6, 6.07) is 11.6. The van der Waals surface area contributed by atoms with Crippen molar-refractivity contribution in [3.05, 3.63) is 74.1 Å². The van der Waals surface area contributed by atoms with Gasteiger partial charge in [-0.25, -0.2) is 4.68 Å². The average Bonchev–Trinajstić information content (AvgIpc) is 2.80. The summed E-state index contributed by atoms with van der Waals surface area (Å²) < 4.78 is 19.8. The van der Waals surface area contributed by atoms with Crippen LogP contribution in [0.1, 0.15) is 22.7 Å². The van der Waals surface area contributed by atoms with E-state index >= 15 is 0 Å². The van der Waals surface area contributed by atoms with Crippen LogP contribution in [-0.2, 0) is 13.0 Å². The molecule has 0 saturated carbocycles. The Morgan fingerprint density at radius 3 is 2.77 bits per heavy atom. The van der Waals surface area contributed by atoms with E-state index in [-0.39, 0.29) is 11.6 Å². The quantitative estimate of drug-likeness (QED) is 0.565. The van der Waals surface area contributed by atoms with Gasteiger partial charge in [0.15, 0.2) is 11.5 Å². The second kappa shape index (κ2) is 7.92. The summed E-state index contributed by atoms with van der Waals surface area (Å²) in [7, 11) is 3.27. The molecule has 2 aliphatic heterocycles. The number of benzene rings is 2. The number of anilines is 1. The normalized spacial score (nSPS) is 16.6. The maximum Gasteiger partial charge on any atom is 0.311 e. The second-order valence-electron chi connectivity index (χ2n) is 7.56. The first-order chi connectivity index (χ1) is 15.1. The third-order valence-corrected chi connectivity index (χ3v) is 6.63. The highest BCUT2D eigenvalue weighted by molar-refractivity contribution is 9.10. The molecule has 2 aromatic carbocycles. The van der Waals surface area contributed by atoms with E-state index in [0.29, 0.717) is 30.4 Å². The molecule has 31 heavy (non-hydrogen) atoms. The van der Waals surface area contributed by atoms with Gasteiger partial charge in [0.1, 0.15) is 12.3 Å². The summed E-state index contributed by atoms with van der Waals surface area (Å²) >= 11 is 3.68. The molecule has 0 spiro atoms. The topological polar surface area (TPSA) is 65.8 Å². The maximum absolute atomic E-state index is 13.1. The van der Waals surface area contributed by atoms with Gasteiger partial charge < -0.3 is 19.1 Å². The Labute approximate surface area is 188 Å². The van der Waals surface area contributed by atoms with Crippen molar-refractivity contribution in [2.75, 3.05) is 32.3 Å². The van der Waals surface area contributed by atoms with E-state index in [4.69, 9.17) is 14.2 Å². The first-order valence-corrected chi connectivity index (χ1v) is 10.9. The van der Waals surface area contributed by atoms with Crippen LogP contribution in [0, 0.1) is 0 Å². The molecule has 0 N–H and O–H groups in total. The van der Waals surface area contributed by atoms with E-state index in [1.54, 1.807) is 20.4 Å². The molecule has 0 saturated heterocycles. The van der Waals surface area contributed by atoms with Crippen LogP contribution in [0.25, 0.3) is 0 Å². The predicted molar refractivity (Wildman–Crippen MR) is 121 cm³/mol. The first-order valence-electron chi connectivity index (χ1n) is 10.1. The molecule has 1 aromatic heterocycles. The number of hydrogen-bond acceptors (Lipinski definition) is 6. The van der Waals surface area contributed by atoms with Gasteiger partial charge in [-0.3, -0.25) is 4.79 Å². The van der Waals surface area contributed by atoms with Crippen LogP contribution in [0.2, 0.25) is 0 Å². The van der Waals surface area contributed by atoms with Gasteiger partial charge in [-0.1, -0.05) is 46.3 Å². The number of halogens is 1. The summed E-state index contributed by atoms with van der Waals surface area (Å²) in [6.45, 7) is 1.51. The number of rotatable bonds is 4. The van der Waals surface area contributed by atoms with Crippen LogP contribution in [0.15, 0.2) is 51.9 Å². The van der Waals surface area contributed by atoms with Crippen molar-refractivity contribution in [2.45, 2.75) is 19.0 Å². The highest BCUT2D eigenvalue weighted by Crippen LogP contribution is 2.49. The highest BCUT2D eigenvalue weighted by Gasteiger charge is 2.39. The summed E-state index contributed by atoms with van der Waals surface area (Å²) in [4.78, 5) is 15.3. The molecule has 3 aromatic rings. The van der Waals surface area contributed by atoms with Crippen LogP contribution in [0.3, 0.4) is 0 Å². The number of fused-ring (bicyclic) bond motifs is 5. The second-order valence-corrected chi connectivity index (χ2v) is 8.42. The fourth-order valence-corrected chi connectivity index (χ4v) is 5.09. The zero-order valence-electron chi connectivity index (χ0n) is 17.3. The van der Waals surface area contributed by atoms with Gasteiger partial charge in [0, 0.05) is 16.6 Å². The Kier molecular flexibility index (Phi) is 5.09. The molecule has 0 radical (unpaired) electrons. The zero-order chi connectivity index (χ0) is 21.5. The van der Waals surface area contributed by atoms with Gasteiger partial charge in [-0.15, -0.1) is 0 Å². The standard InChI is InChI=1S/C23H22BrN3O4/c1-29-19-10-16(24)15-8-9-26-17-11-25-27(12-14-6-4-3-5-7-14)23(28)21(17)31-13-18(26)20(15)22(19)30-2/h3-7,10-11,18H,8-9,12-13H2,1-2H3. The maximum atomic E-state index is 13.1. The highest BCUT2D eigenvalue weighted by atomic mass is 79.9. The van der Waals surface area contributed by atoms with Crippen molar-refractivity contribution in [2.24, 2.45) is 0 Å². The molecule has 160 valence electrons. The van der Waals surface area contributed by atoms with Crippen molar-refractivity contribution in [1.82, 2.24) is 9.78 Å². The van der Waals surface area contributed by atoms with Gasteiger partial charge in [-0.2, -0.15) is 5.10 Å². The first kappa shape index (κ1) is 19.9. The minimum atomic E-state index is -0.218. The van der Waals surface area contributed by atoms with Crippen molar-refractivity contribution in [3.8, 4) is 17.2 Å². The molecule has 0 bridgehead atoms. The van der Waals surface area contributed by atoms with Gasteiger partial charge >= 0.3 is 5.56 Å². The zero-order valence-corrected chi connectivity index (χ0v) is 18.9. The fourth-order valence-electron chi connectivity index (χ4n) is 4.47. The van der Waals surface area contributed by atoms with Gasteiger partial charge in [0.2, 0.25) is 5.75 Å². The average molecular weight is 484 g/mol. The lowest BCUT2D eigenvalue weighted by molar-refractivity contribution is 0.246. The minimum Gasteiger partial charge on any atom is -0.493 e. The number of ether oxygens (including phenoxy) is 3. The lowest BCUT2D eigenvalue weighted by Gasteiger charge is -2.43. The number of aromatic nitrogens is 2. The lowest BCUT2D eigenvalue weighted by Crippen LogP contribution is -2.44. The third kappa shape index (κ3) is 3.26. The molecule has 0 fully saturated rings. The Morgan fingerprint density at radius 1 is 1.23 bits per heavy atom. The SMILES string of the molecule is COc1cc(Br)c2c(c1OC)C1COc3c(cnn(Cc4ccccc4)c3=O)N1CC2. The molecule has 2 aliphatic rings. The fraction of sp³-hybridized carbons (Fsp3) is 0.304. The van der Waals surface area contributed by atoms with Crippen molar-refractivity contribution in [1.29, 1.82) is 0 Å². The molecule has 3 heterocycles. The molecule has 0 amide bonds. The largest absolute Gasteiger partial charge is 0.493 e. The van der Waals surface area contributed by atoms with Crippen molar-refractivity contribution >= 4 is 21.6 Å². The minimum absolute atomic E-state index is 0.0937. The van der Waals surface area contributed by atoms with Crippen molar-refractivity contribution in [3.63, 3.8) is 0 Å². The van der Waals surface area contributed by atoms with Gasteiger partial charge in [0.25, 0.3) is 0 Å². The van der Waals surface area contributed by atoms with Crippen LogP contribution >= 0.6 is 15.9 Å². The molecule has 5 rings (SSSR count). The molecule has 8 heteroatoms. The summed E-state index contributed by atoms with van der Waals surface area (Å²) in [5.74, 6) is 1.72. The molecule has 1 atom stereocenters. The Morgan fingerprint density at radius 2 is 2.03 bits per heavy atom. The summed E-state index contributed by atoms with van der Waals surface area (Å²) in [6.07, 6.45) is 2.54. The van der Waals surface area contributed by atoms with Crippen LogP contribution in [0.5, 0.6) is 17.2 Å². The summed E-state index contributed by atoms with van der Waals surface area (Å²) in [5, 5.41) is 4.45. The van der Waals surface area contributed by atoms with E-state index in [1.165, 1.54) is 10.2 Å². The molecule has 1 unspecified atom stereocenters. The Balaban J connectivity index is 1.56. The summed E-state index contributed by atoms with van der Waals surface area (Å²) in [5.41, 5.74) is 3.72. The monoisotopic (exact) mass is 483 g/mol. The third-order valence-electron chi connectivity index (χ3n) is 5.93. The molecule has 0 aliphatic carbocycles. The van der Waals surface area contributed by atoms with E-state index in [0.717, 1.165) is 34.3 Å². The van der Waals surface area contributed by atoms with E-state index in [9.17, 15) is 4.79 Å². The van der Waals surface area contributed by atoms with Crippen LogP contribution in [-0.4, -0.2) is 37.2 Å². The van der Waals surface area contributed by atoms with Gasteiger partial charge in [-0.05, 0) is 23.6 Å². The molecular formula is C23H22BrN3O4. The van der Waals surface area contributed by atoms with Crippen LogP contribution < -0.4 is 24.7 Å². The number of hydrogen-bond donors (Lipinski definition) is 0. The molecular weight excluding hydrogens is 462 g/mol. The van der Waals surface area contributed by atoms with E-state index in [1.807, 2.05) is 36.4 Å². The van der Waals surface area contributed by atoms with E-state index < -0.39 is 0 Å². The van der Waals surface area contributed by atoms with E-state index in [2.05, 4.69) is 25.9 Å². The van der Waals surface area contributed by atoms with Crippen molar-refractivity contribution < 1.29 is 14.2 Å². The Hall–Kier alpha value is -3.00. The molecule has 7 nitrogen and oxygen atoms in total.